The molecule has 0 N–H and O–H groups in total. The first-order chi connectivity index (χ1) is 13.8. The highest BCUT2D eigenvalue weighted by Gasteiger charge is 2.42. The fraction of sp³-hybridized carbons (Fsp3) is 0.429. The normalized spacial score (nSPS) is 24.4. The lowest BCUT2D eigenvalue weighted by molar-refractivity contribution is -0.120. The van der Waals surface area contributed by atoms with Gasteiger partial charge in [-0.05, 0) is 37.3 Å². The molecule has 1 aromatic carbocycles. The Morgan fingerprint density at radius 2 is 1.97 bits per heavy atom. The van der Waals surface area contributed by atoms with Crippen molar-refractivity contribution in [2.45, 2.75) is 17.8 Å². The molecule has 3 heterocycles. The van der Waals surface area contributed by atoms with Crippen LogP contribution in [0, 0.1) is 5.82 Å². The largest absolute Gasteiger partial charge is 0.455 e. The first-order valence-corrected chi connectivity index (χ1v) is 10.4. The molecule has 1 atom stereocenters. The molecule has 156 valence electrons. The summed E-state index contributed by atoms with van der Waals surface area (Å²) in [5, 5.41) is -1.62. The van der Waals surface area contributed by atoms with Crippen molar-refractivity contribution in [2.24, 2.45) is 0 Å². The van der Waals surface area contributed by atoms with Crippen LogP contribution >= 0.6 is 11.8 Å². The van der Waals surface area contributed by atoms with Crippen LogP contribution in [0.2, 0.25) is 0 Å². The average molecular weight is 426 g/mol. The third-order valence-corrected chi connectivity index (χ3v) is 6.64. The van der Waals surface area contributed by atoms with E-state index >= 15 is 0 Å². The Morgan fingerprint density at radius 1 is 1.21 bits per heavy atom. The number of halogens is 4. The second-order valence-corrected chi connectivity index (χ2v) is 8.58. The molecular weight excluding hydrogens is 404 g/mol. The molecule has 0 saturated carbocycles. The maximum Gasteiger partial charge on any atom is 0.404 e. The number of alkyl halides is 3. The van der Waals surface area contributed by atoms with Gasteiger partial charge in [-0.25, -0.2) is 4.39 Å². The molecule has 1 saturated heterocycles. The molecule has 3 aliphatic rings. The minimum atomic E-state index is -4.34. The molecule has 4 rings (SSSR count). The van der Waals surface area contributed by atoms with Crippen molar-refractivity contribution in [3.63, 3.8) is 0 Å². The molecule has 0 aromatic heterocycles. The van der Waals surface area contributed by atoms with Crippen LogP contribution in [-0.4, -0.2) is 61.0 Å². The highest BCUT2D eigenvalue weighted by Crippen LogP contribution is 2.50. The zero-order chi connectivity index (χ0) is 20.6. The van der Waals surface area contributed by atoms with E-state index in [-0.39, 0.29) is 0 Å². The summed E-state index contributed by atoms with van der Waals surface area (Å²) in [6.07, 6.45) is 0.773. The highest BCUT2D eigenvalue weighted by molar-refractivity contribution is 8.04. The van der Waals surface area contributed by atoms with Crippen LogP contribution in [-0.2, 0) is 0 Å². The third-order valence-electron chi connectivity index (χ3n) is 5.30. The number of ether oxygens (including phenoxy) is 1. The van der Waals surface area contributed by atoms with Crippen molar-refractivity contribution in [1.29, 1.82) is 0 Å². The van der Waals surface area contributed by atoms with Gasteiger partial charge in [-0.1, -0.05) is 12.2 Å². The Balaban J connectivity index is 1.59. The van der Waals surface area contributed by atoms with Crippen LogP contribution < -0.4 is 4.74 Å². The maximum absolute atomic E-state index is 13.7. The zero-order valence-electron chi connectivity index (χ0n) is 16.0. The molecule has 0 aliphatic carbocycles. The van der Waals surface area contributed by atoms with E-state index in [9.17, 15) is 17.6 Å². The summed E-state index contributed by atoms with van der Waals surface area (Å²) in [6.45, 7) is 4.81. The van der Waals surface area contributed by atoms with Crippen LogP contribution in [0.1, 0.15) is 12.0 Å². The van der Waals surface area contributed by atoms with E-state index in [2.05, 4.69) is 16.8 Å². The molecule has 0 bridgehead atoms. The van der Waals surface area contributed by atoms with Crippen molar-refractivity contribution in [3.8, 4) is 5.75 Å². The number of rotatable bonds is 3. The van der Waals surface area contributed by atoms with E-state index in [0.29, 0.717) is 34.0 Å². The molecule has 3 aliphatic heterocycles. The number of fused-ring (bicyclic) bond motifs is 1. The molecule has 8 heteroatoms. The van der Waals surface area contributed by atoms with Crippen molar-refractivity contribution < 1.29 is 22.3 Å². The van der Waals surface area contributed by atoms with Crippen molar-refractivity contribution in [2.75, 3.05) is 39.8 Å². The Labute approximate surface area is 171 Å². The smallest absolute Gasteiger partial charge is 0.404 e. The van der Waals surface area contributed by atoms with Gasteiger partial charge in [0.1, 0.15) is 22.6 Å². The number of piperazine rings is 1. The lowest BCUT2D eigenvalue weighted by atomic mass is 9.99. The lowest BCUT2D eigenvalue weighted by Gasteiger charge is -2.32. The Bertz CT molecular complexity index is 870. The van der Waals surface area contributed by atoms with Gasteiger partial charge in [0.05, 0.1) is 4.91 Å². The van der Waals surface area contributed by atoms with Gasteiger partial charge >= 0.3 is 6.18 Å². The number of allylic oxidation sites excluding steroid dienone is 2. The minimum absolute atomic E-state index is 0.338. The van der Waals surface area contributed by atoms with Crippen LogP contribution in [0.3, 0.4) is 0 Å². The van der Waals surface area contributed by atoms with Gasteiger partial charge in [-0.3, -0.25) is 0 Å². The highest BCUT2D eigenvalue weighted by atomic mass is 32.2. The van der Waals surface area contributed by atoms with Crippen LogP contribution in [0.4, 0.5) is 17.6 Å². The molecule has 1 unspecified atom stereocenters. The lowest BCUT2D eigenvalue weighted by Crippen LogP contribution is -2.44. The summed E-state index contributed by atoms with van der Waals surface area (Å²) < 4.78 is 59.3. The van der Waals surface area contributed by atoms with Gasteiger partial charge in [0.2, 0.25) is 0 Å². The predicted octanol–water partition coefficient (Wildman–Crippen LogP) is 4.68. The fourth-order valence-corrected chi connectivity index (χ4v) is 4.73. The van der Waals surface area contributed by atoms with Crippen LogP contribution in [0.25, 0.3) is 5.57 Å². The SMILES string of the molecule is CN1CCN(CCC=C2C3=C(C=CC(C(F)(F)F)S3)Oc3cc(F)ccc32)CC1. The summed E-state index contributed by atoms with van der Waals surface area (Å²) in [6, 6.07) is 4.17. The Morgan fingerprint density at radius 3 is 2.69 bits per heavy atom. The third kappa shape index (κ3) is 4.54. The maximum atomic E-state index is 13.7. The predicted molar refractivity (Wildman–Crippen MR) is 107 cm³/mol. The van der Waals surface area contributed by atoms with E-state index < -0.39 is 17.2 Å². The molecule has 3 nitrogen and oxygen atoms in total. The molecule has 0 spiro atoms. The number of hydrogen-bond donors (Lipinski definition) is 0. The van der Waals surface area contributed by atoms with E-state index in [1.54, 1.807) is 6.07 Å². The minimum Gasteiger partial charge on any atom is -0.455 e. The summed E-state index contributed by atoms with van der Waals surface area (Å²) in [4.78, 5) is 5.09. The summed E-state index contributed by atoms with van der Waals surface area (Å²) in [5.41, 5.74) is 1.33. The first kappa shape index (κ1) is 20.5. The summed E-state index contributed by atoms with van der Waals surface area (Å²) in [7, 11) is 2.09. The molecule has 1 fully saturated rings. The monoisotopic (exact) mass is 426 g/mol. The van der Waals surface area contributed by atoms with Gasteiger partial charge < -0.3 is 14.5 Å². The molecular formula is C21H22F4N2OS. The van der Waals surface area contributed by atoms with Crippen molar-refractivity contribution in [1.82, 2.24) is 9.80 Å². The van der Waals surface area contributed by atoms with Crippen molar-refractivity contribution >= 4 is 17.3 Å². The number of nitrogens with zero attached hydrogens (tertiary/aromatic N) is 2. The van der Waals surface area contributed by atoms with E-state index in [0.717, 1.165) is 50.6 Å². The van der Waals surface area contributed by atoms with Gasteiger partial charge in [-0.2, -0.15) is 13.2 Å². The van der Waals surface area contributed by atoms with Gasteiger partial charge in [0.25, 0.3) is 0 Å². The average Bonchev–Trinajstić information content (AvgIpc) is 2.67. The first-order valence-electron chi connectivity index (χ1n) is 9.56. The van der Waals surface area contributed by atoms with E-state index in [1.165, 1.54) is 18.2 Å². The number of likely N-dealkylation sites (N-methyl/N-ethyl adjacent to an activating group) is 1. The number of hydrogen-bond acceptors (Lipinski definition) is 4. The Hall–Kier alpha value is -1.77. The van der Waals surface area contributed by atoms with Crippen molar-refractivity contribution in [3.05, 3.63) is 58.5 Å². The quantitative estimate of drug-likeness (QED) is 0.652. The summed E-state index contributed by atoms with van der Waals surface area (Å²) in [5.74, 6) is 0.245. The molecule has 0 radical (unpaired) electrons. The number of thioether (sulfide) groups is 1. The standard InChI is InChI=1S/C21H22F4N2OS/c1-26-9-11-27(12-10-26)8-2-3-16-15-5-4-14(22)13-18(15)28-17-6-7-19(21(23,24)25)29-20(16)17/h3-7,13,19H,2,8-12H2,1H3. The second kappa shape index (κ2) is 8.16. The van der Waals surface area contributed by atoms with Gasteiger partial charge in [0, 0.05) is 44.4 Å². The van der Waals surface area contributed by atoms with Crippen LogP contribution in [0.5, 0.6) is 5.75 Å². The Kier molecular flexibility index (Phi) is 5.77. The number of benzene rings is 1. The zero-order valence-corrected chi connectivity index (χ0v) is 16.8. The fourth-order valence-electron chi connectivity index (χ4n) is 3.64. The molecule has 1 aromatic rings. The van der Waals surface area contributed by atoms with Gasteiger partial charge in [-0.15, -0.1) is 11.8 Å². The molecule has 29 heavy (non-hydrogen) atoms. The van der Waals surface area contributed by atoms with Crippen LogP contribution in [0.15, 0.2) is 47.1 Å². The topological polar surface area (TPSA) is 15.7 Å². The second-order valence-electron chi connectivity index (χ2n) is 7.43. The van der Waals surface area contributed by atoms with Gasteiger partial charge in [0.15, 0.2) is 0 Å². The molecule has 0 amide bonds. The summed E-state index contributed by atoms with van der Waals surface area (Å²) >= 11 is 0.745. The van der Waals surface area contributed by atoms with E-state index in [1.807, 2.05) is 6.08 Å². The van der Waals surface area contributed by atoms with E-state index in [4.69, 9.17) is 4.74 Å².